The number of nitriles is 1. The predicted octanol–water partition coefficient (Wildman–Crippen LogP) is 2.91. The van der Waals surface area contributed by atoms with Gasteiger partial charge in [-0.1, -0.05) is 11.8 Å². The molecule has 1 atom stereocenters. The number of nitrogens with zero attached hydrogens (tertiary/aromatic N) is 1. The minimum absolute atomic E-state index is 0.167. The molecule has 94 valence electrons. The van der Waals surface area contributed by atoms with Crippen LogP contribution in [0.5, 0.6) is 5.75 Å². The number of benzene rings is 1. The molecule has 18 heavy (non-hydrogen) atoms. The fourth-order valence-electron chi connectivity index (χ4n) is 1.37. The zero-order valence-electron chi connectivity index (χ0n) is 10.6. The summed E-state index contributed by atoms with van der Waals surface area (Å²) in [4.78, 5) is 0. The molecule has 0 aliphatic carbocycles. The lowest BCUT2D eigenvalue weighted by Gasteiger charge is -2.12. The Bertz CT molecular complexity index is 409. The lowest BCUT2D eigenvalue weighted by atomic mass is 10.2. The Balaban J connectivity index is 2.23. The number of allylic oxidation sites excluding steroid dienone is 1. The predicted molar refractivity (Wildman–Crippen MR) is 75.3 cm³/mol. The van der Waals surface area contributed by atoms with Crippen molar-refractivity contribution < 1.29 is 4.74 Å². The van der Waals surface area contributed by atoms with Gasteiger partial charge in [-0.3, -0.25) is 0 Å². The van der Waals surface area contributed by atoms with Crippen LogP contribution in [0.3, 0.4) is 0 Å². The third-order valence-electron chi connectivity index (χ3n) is 2.30. The minimum Gasteiger partial charge on any atom is -0.495 e. The lowest BCUT2D eigenvalue weighted by molar-refractivity contribution is 0.298. The summed E-state index contributed by atoms with van der Waals surface area (Å²) < 4.78 is 5.75. The van der Waals surface area contributed by atoms with Crippen molar-refractivity contribution in [1.82, 2.24) is 0 Å². The second kappa shape index (κ2) is 8.37. The molecular weight excluding hydrogens is 240 g/mol. The molecule has 2 N–H and O–H groups in total. The number of hydrogen-bond donors (Lipinski definition) is 1. The zero-order chi connectivity index (χ0) is 13.2. The van der Waals surface area contributed by atoms with E-state index in [9.17, 15) is 0 Å². The molecule has 0 bridgehead atoms. The summed E-state index contributed by atoms with van der Waals surface area (Å²) >= 11 is 0. The molecule has 3 nitrogen and oxygen atoms in total. The maximum absolute atomic E-state index is 8.39. The Morgan fingerprint density at radius 3 is 2.83 bits per heavy atom. The average molecular weight is 258 g/mol. The van der Waals surface area contributed by atoms with Gasteiger partial charge in [0.05, 0.1) is 11.8 Å². The summed E-state index contributed by atoms with van der Waals surface area (Å²) in [5.41, 5.74) is 8.66. The highest BCUT2D eigenvalue weighted by Crippen LogP contribution is 2.14. The molecule has 1 aromatic carbocycles. The Labute approximate surface area is 111 Å². The highest BCUT2D eigenvalue weighted by Gasteiger charge is 2.02. The van der Waals surface area contributed by atoms with Crippen LogP contribution in [0.15, 0.2) is 36.0 Å². The van der Waals surface area contributed by atoms with Crippen LogP contribution in [0.1, 0.15) is 26.2 Å². The van der Waals surface area contributed by atoms with E-state index in [1.807, 2.05) is 24.3 Å². The van der Waals surface area contributed by atoms with E-state index in [2.05, 4.69) is 24.8 Å². The molecule has 0 saturated heterocycles. The average Bonchev–Trinajstić information content (AvgIpc) is 2.36. The van der Waals surface area contributed by atoms with Crippen molar-refractivity contribution in [3.8, 4) is 11.8 Å². The molecule has 0 spiro atoms. The number of nitrogen functional groups attached to an aromatic ring is 1. The van der Waals surface area contributed by atoms with Gasteiger partial charge in [-0.05, 0) is 44.0 Å². The Morgan fingerprint density at radius 1 is 1.44 bits per heavy atom. The summed E-state index contributed by atoms with van der Waals surface area (Å²) in [5, 5.41) is 8.39. The molecular formula is C14H18N2OSi. The van der Waals surface area contributed by atoms with E-state index in [0.29, 0.717) is 15.9 Å². The van der Waals surface area contributed by atoms with Gasteiger partial charge in [0.1, 0.15) is 15.3 Å². The van der Waals surface area contributed by atoms with Crippen LogP contribution in [-0.2, 0) is 0 Å². The van der Waals surface area contributed by atoms with E-state index in [1.54, 1.807) is 0 Å². The van der Waals surface area contributed by atoms with E-state index in [-0.39, 0.29) is 5.73 Å². The molecule has 0 aliphatic rings. The Kier molecular flexibility index (Phi) is 6.66. The van der Waals surface area contributed by atoms with E-state index >= 15 is 0 Å². The molecule has 1 unspecified atom stereocenters. The number of hydrogen-bond acceptors (Lipinski definition) is 3. The molecule has 0 heterocycles. The van der Waals surface area contributed by atoms with Crippen molar-refractivity contribution in [3.05, 3.63) is 36.0 Å². The zero-order valence-corrected chi connectivity index (χ0v) is 11.6. The van der Waals surface area contributed by atoms with Gasteiger partial charge in [-0.2, -0.15) is 5.26 Å². The first-order chi connectivity index (χ1) is 8.72. The summed E-state index contributed by atoms with van der Waals surface area (Å²) in [6.45, 7) is 2.05. The lowest BCUT2D eigenvalue weighted by Crippen LogP contribution is -2.18. The van der Waals surface area contributed by atoms with Crippen molar-refractivity contribution in [2.45, 2.75) is 31.9 Å². The molecule has 0 fully saturated rings. The van der Waals surface area contributed by atoms with Crippen molar-refractivity contribution in [2.75, 3.05) is 5.73 Å². The normalized spacial score (nSPS) is 12.2. The molecule has 0 amide bonds. The van der Waals surface area contributed by atoms with Crippen LogP contribution >= 0.6 is 0 Å². The van der Waals surface area contributed by atoms with Crippen LogP contribution in [0.2, 0.25) is 0 Å². The smallest absolute Gasteiger partial charge is 0.125 e. The Hall–Kier alpha value is -1.73. The van der Waals surface area contributed by atoms with Gasteiger partial charge < -0.3 is 10.5 Å². The second-order valence-electron chi connectivity index (χ2n) is 3.95. The standard InChI is InChI=1S/C14H18N2OSi/c1-12(18-11-5-3-2-4-10-15)17-14-8-6-13(16)7-9-14/h5-9,11-12H,2-4,16H2,1H3. The molecule has 1 aromatic rings. The Morgan fingerprint density at radius 2 is 2.17 bits per heavy atom. The van der Waals surface area contributed by atoms with Crippen LogP contribution in [0.25, 0.3) is 0 Å². The third-order valence-corrected chi connectivity index (χ3v) is 3.32. The molecule has 0 aliphatic heterocycles. The fourth-order valence-corrected chi connectivity index (χ4v) is 2.15. The number of unbranched alkanes of at least 4 members (excludes halogenated alkanes) is 2. The summed E-state index contributed by atoms with van der Waals surface area (Å²) in [7, 11) is 0.624. The van der Waals surface area contributed by atoms with Crippen molar-refractivity contribution in [1.29, 1.82) is 5.26 Å². The number of ether oxygens (including phenoxy) is 1. The summed E-state index contributed by atoms with van der Waals surface area (Å²) in [5.74, 6) is 0.849. The number of rotatable bonds is 7. The van der Waals surface area contributed by atoms with Gasteiger partial charge in [0, 0.05) is 12.1 Å². The molecule has 2 radical (unpaired) electrons. The molecule has 0 aromatic heterocycles. The van der Waals surface area contributed by atoms with Gasteiger partial charge in [-0.25, -0.2) is 0 Å². The topological polar surface area (TPSA) is 59.0 Å². The monoisotopic (exact) mass is 258 g/mol. The van der Waals surface area contributed by atoms with Gasteiger partial charge in [0.2, 0.25) is 0 Å². The highest BCUT2D eigenvalue weighted by molar-refractivity contribution is 6.43. The fraction of sp³-hybridized carbons (Fsp3) is 0.357. The minimum atomic E-state index is 0.167. The summed E-state index contributed by atoms with van der Waals surface area (Å²) in [6.07, 6.45) is 4.66. The third kappa shape index (κ3) is 6.11. The molecule has 4 heteroatoms. The van der Waals surface area contributed by atoms with Crippen molar-refractivity contribution >= 4 is 15.2 Å². The van der Waals surface area contributed by atoms with Crippen LogP contribution < -0.4 is 10.5 Å². The molecule has 0 saturated carbocycles. The first kappa shape index (κ1) is 14.3. The quantitative estimate of drug-likeness (QED) is 0.465. The maximum atomic E-state index is 8.39. The number of nitrogens with two attached hydrogens (primary N) is 1. The first-order valence-electron chi connectivity index (χ1n) is 6.02. The van der Waals surface area contributed by atoms with Gasteiger partial charge >= 0.3 is 0 Å². The van der Waals surface area contributed by atoms with E-state index in [4.69, 9.17) is 15.7 Å². The second-order valence-corrected chi connectivity index (χ2v) is 5.43. The van der Waals surface area contributed by atoms with Gasteiger partial charge in [-0.15, -0.1) is 0 Å². The number of anilines is 1. The van der Waals surface area contributed by atoms with Crippen molar-refractivity contribution in [2.24, 2.45) is 0 Å². The maximum Gasteiger partial charge on any atom is 0.125 e. The van der Waals surface area contributed by atoms with Gasteiger partial charge in [0.25, 0.3) is 0 Å². The van der Waals surface area contributed by atoms with E-state index < -0.39 is 0 Å². The largest absolute Gasteiger partial charge is 0.495 e. The van der Waals surface area contributed by atoms with E-state index in [0.717, 1.165) is 24.3 Å². The molecule has 1 rings (SSSR count). The van der Waals surface area contributed by atoms with Crippen LogP contribution in [0, 0.1) is 11.3 Å². The van der Waals surface area contributed by atoms with E-state index in [1.165, 1.54) is 0 Å². The van der Waals surface area contributed by atoms with Crippen LogP contribution in [-0.4, -0.2) is 15.2 Å². The van der Waals surface area contributed by atoms with Crippen molar-refractivity contribution in [3.63, 3.8) is 0 Å². The van der Waals surface area contributed by atoms with Gasteiger partial charge in [0.15, 0.2) is 0 Å². The van der Waals surface area contributed by atoms with Crippen LogP contribution in [0.4, 0.5) is 5.69 Å². The first-order valence-corrected chi connectivity index (χ1v) is 7.18. The summed E-state index contributed by atoms with van der Waals surface area (Å²) in [6, 6.07) is 9.57. The SMILES string of the molecule is CC(Oc1ccc(N)cc1)[Si]C=CCCCC#N. The highest BCUT2D eigenvalue weighted by atomic mass is 28.2.